The minimum absolute atomic E-state index is 0.424. The summed E-state index contributed by atoms with van der Waals surface area (Å²) in [5.74, 6) is 1.75. The topological polar surface area (TPSA) is 30.7 Å². The van der Waals surface area contributed by atoms with Gasteiger partial charge in [-0.2, -0.15) is 5.10 Å². The maximum Gasteiger partial charge on any atom is 0.163 e. The average Bonchev–Trinajstić information content (AvgIpc) is 3.03. The molecule has 24 heavy (non-hydrogen) atoms. The number of aromatic nitrogens is 3. The van der Waals surface area contributed by atoms with Crippen molar-refractivity contribution in [1.29, 1.82) is 0 Å². The van der Waals surface area contributed by atoms with Crippen molar-refractivity contribution in [3.05, 3.63) is 65.5 Å². The van der Waals surface area contributed by atoms with E-state index in [1.165, 1.54) is 22.4 Å². The van der Waals surface area contributed by atoms with Crippen LogP contribution >= 0.6 is 0 Å². The smallest absolute Gasteiger partial charge is 0.163 e. The van der Waals surface area contributed by atoms with Gasteiger partial charge >= 0.3 is 0 Å². The first kappa shape index (κ1) is 16.4. The fourth-order valence-electron chi connectivity index (χ4n) is 3.17. The van der Waals surface area contributed by atoms with E-state index in [4.69, 9.17) is 0 Å². The second-order valence-electron chi connectivity index (χ2n) is 6.90. The Morgan fingerprint density at radius 2 is 1.46 bits per heavy atom. The molecule has 0 saturated carbocycles. The molecule has 0 N–H and O–H groups in total. The zero-order chi connectivity index (χ0) is 17.3. The summed E-state index contributed by atoms with van der Waals surface area (Å²) in [4.78, 5) is 4.58. The first-order valence-electron chi connectivity index (χ1n) is 8.60. The van der Waals surface area contributed by atoms with Crippen LogP contribution in [0.25, 0.3) is 17.1 Å². The number of para-hydroxylation sites is 1. The van der Waals surface area contributed by atoms with Crippen molar-refractivity contribution in [2.75, 3.05) is 0 Å². The van der Waals surface area contributed by atoms with Crippen LogP contribution in [-0.2, 0) is 0 Å². The van der Waals surface area contributed by atoms with E-state index in [0.29, 0.717) is 11.8 Å². The van der Waals surface area contributed by atoms with E-state index in [9.17, 15) is 0 Å². The minimum atomic E-state index is 0.424. The van der Waals surface area contributed by atoms with Gasteiger partial charge in [0.25, 0.3) is 0 Å². The molecule has 1 aromatic heterocycles. The number of hydrogen-bond acceptors (Lipinski definition) is 2. The largest absolute Gasteiger partial charge is 0.215 e. The van der Waals surface area contributed by atoms with Gasteiger partial charge in [0, 0.05) is 5.56 Å². The van der Waals surface area contributed by atoms with Crippen molar-refractivity contribution in [3.63, 3.8) is 0 Å². The van der Waals surface area contributed by atoms with Crippen molar-refractivity contribution < 1.29 is 0 Å². The lowest BCUT2D eigenvalue weighted by Crippen LogP contribution is -2.10. The fraction of sp³-hybridized carbons (Fsp3) is 0.333. The molecular weight excluding hydrogens is 294 g/mol. The lowest BCUT2D eigenvalue weighted by atomic mass is 9.92. The Balaban J connectivity index is 2.29. The molecule has 0 aliphatic rings. The predicted octanol–water partition coefficient (Wildman–Crippen LogP) is 5.49. The summed E-state index contributed by atoms with van der Waals surface area (Å²) < 4.78 is 2.02. The average molecular weight is 319 g/mol. The third kappa shape index (κ3) is 2.86. The Bertz CT molecular complexity index is 818. The molecule has 0 spiro atoms. The summed E-state index contributed by atoms with van der Waals surface area (Å²) in [6, 6.07) is 14.9. The van der Waals surface area contributed by atoms with E-state index in [1.54, 1.807) is 6.33 Å². The van der Waals surface area contributed by atoms with Crippen LogP contribution in [0.5, 0.6) is 0 Å². The van der Waals surface area contributed by atoms with Gasteiger partial charge in [-0.3, -0.25) is 0 Å². The third-order valence-electron chi connectivity index (χ3n) is 4.49. The van der Waals surface area contributed by atoms with Gasteiger partial charge in [-0.15, -0.1) is 0 Å². The van der Waals surface area contributed by atoms with Crippen LogP contribution in [0.3, 0.4) is 0 Å². The van der Waals surface area contributed by atoms with E-state index in [-0.39, 0.29) is 0 Å². The van der Waals surface area contributed by atoms with Crippen molar-refractivity contribution in [2.24, 2.45) is 0 Å². The molecule has 3 nitrogen and oxygen atoms in total. The first-order valence-corrected chi connectivity index (χ1v) is 8.60. The normalized spacial score (nSPS) is 11.5. The molecule has 0 atom stereocenters. The van der Waals surface area contributed by atoms with Crippen LogP contribution in [0.1, 0.15) is 56.2 Å². The maximum atomic E-state index is 4.60. The number of hydrogen-bond donors (Lipinski definition) is 0. The van der Waals surface area contributed by atoms with Crippen molar-refractivity contribution in [2.45, 2.75) is 46.5 Å². The van der Waals surface area contributed by atoms with Crippen LogP contribution in [-0.4, -0.2) is 14.8 Å². The molecule has 0 unspecified atom stereocenters. The van der Waals surface area contributed by atoms with Crippen LogP contribution in [0, 0.1) is 6.92 Å². The van der Waals surface area contributed by atoms with Crippen molar-refractivity contribution >= 4 is 0 Å². The highest BCUT2D eigenvalue weighted by molar-refractivity contribution is 5.64. The minimum Gasteiger partial charge on any atom is -0.215 e. The molecule has 0 bridgehead atoms. The lowest BCUT2D eigenvalue weighted by molar-refractivity contribution is 0.773. The molecule has 0 radical (unpaired) electrons. The number of benzene rings is 2. The van der Waals surface area contributed by atoms with Crippen molar-refractivity contribution in [3.8, 4) is 17.1 Å². The third-order valence-corrected chi connectivity index (χ3v) is 4.49. The van der Waals surface area contributed by atoms with Gasteiger partial charge < -0.3 is 0 Å². The van der Waals surface area contributed by atoms with Gasteiger partial charge in [-0.25, -0.2) is 9.67 Å². The monoisotopic (exact) mass is 319 g/mol. The van der Waals surface area contributed by atoms with E-state index in [2.05, 4.69) is 87.2 Å². The summed E-state index contributed by atoms with van der Waals surface area (Å²) in [6.07, 6.45) is 1.66. The molecule has 3 rings (SSSR count). The predicted molar refractivity (Wildman–Crippen MR) is 99.7 cm³/mol. The Morgan fingerprint density at radius 3 is 2.04 bits per heavy atom. The highest BCUT2D eigenvalue weighted by atomic mass is 15.3. The summed E-state index contributed by atoms with van der Waals surface area (Å²) in [5.41, 5.74) is 6.13. The lowest BCUT2D eigenvalue weighted by Gasteiger charge is -2.20. The molecule has 0 aliphatic heterocycles. The fourth-order valence-corrected chi connectivity index (χ4v) is 3.17. The van der Waals surface area contributed by atoms with E-state index in [1.807, 2.05) is 4.68 Å². The number of nitrogens with zero attached hydrogens (tertiary/aromatic N) is 3. The molecule has 0 amide bonds. The summed E-state index contributed by atoms with van der Waals surface area (Å²) in [6.45, 7) is 11.0. The van der Waals surface area contributed by atoms with E-state index in [0.717, 1.165) is 11.4 Å². The number of aryl methyl sites for hydroxylation is 1. The summed E-state index contributed by atoms with van der Waals surface area (Å²) in [7, 11) is 0. The Morgan fingerprint density at radius 1 is 0.833 bits per heavy atom. The standard InChI is InChI=1S/C21H25N3/c1-14(2)17-11-8-12-18(15(3)4)20(17)24-21(22-13-23-24)19-10-7-6-9-16(19)5/h6-15H,1-5H3. The van der Waals surface area contributed by atoms with Crippen LogP contribution in [0.15, 0.2) is 48.8 Å². The molecule has 0 fully saturated rings. The molecule has 2 aromatic carbocycles. The SMILES string of the molecule is Cc1ccccc1-c1ncnn1-c1c(C(C)C)cccc1C(C)C. The van der Waals surface area contributed by atoms with Gasteiger partial charge in [0.05, 0.1) is 5.69 Å². The molecule has 3 heteroatoms. The van der Waals surface area contributed by atoms with Gasteiger partial charge in [0.1, 0.15) is 6.33 Å². The Hall–Kier alpha value is -2.42. The molecule has 1 heterocycles. The highest BCUT2D eigenvalue weighted by Crippen LogP contribution is 2.33. The number of rotatable bonds is 4. The molecule has 3 aromatic rings. The first-order chi connectivity index (χ1) is 11.5. The molecule has 0 saturated heterocycles. The van der Waals surface area contributed by atoms with Crippen LogP contribution in [0.2, 0.25) is 0 Å². The van der Waals surface area contributed by atoms with Crippen molar-refractivity contribution in [1.82, 2.24) is 14.8 Å². The summed E-state index contributed by atoms with van der Waals surface area (Å²) in [5, 5.41) is 4.60. The van der Waals surface area contributed by atoms with Crippen LogP contribution < -0.4 is 0 Å². The quantitative estimate of drug-likeness (QED) is 0.636. The Kier molecular flexibility index (Phi) is 4.52. The van der Waals surface area contributed by atoms with Gasteiger partial charge in [-0.05, 0) is 35.4 Å². The van der Waals surface area contributed by atoms with Gasteiger partial charge in [-0.1, -0.05) is 70.2 Å². The summed E-state index contributed by atoms with van der Waals surface area (Å²) >= 11 is 0. The zero-order valence-corrected chi connectivity index (χ0v) is 15.1. The van der Waals surface area contributed by atoms with Gasteiger partial charge in [0.15, 0.2) is 5.82 Å². The second kappa shape index (κ2) is 6.60. The van der Waals surface area contributed by atoms with E-state index >= 15 is 0 Å². The molecular formula is C21H25N3. The molecule has 0 aliphatic carbocycles. The van der Waals surface area contributed by atoms with Gasteiger partial charge in [0.2, 0.25) is 0 Å². The zero-order valence-electron chi connectivity index (χ0n) is 15.1. The maximum absolute atomic E-state index is 4.60. The second-order valence-corrected chi connectivity index (χ2v) is 6.90. The van der Waals surface area contributed by atoms with E-state index < -0.39 is 0 Å². The molecule has 124 valence electrons. The highest BCUT2D eigenvalue weighted by Gasteiger charge is 2.20. The van der Waals surface area contributed by atoms with Crippen LogP contribution in [0.4, 0.5) is 0 Å². The Labute approximate surface area is 144 Å².